The number of rotatable bonds is 12. The van der Waals surface area contributed by atoms with Gasteiger partial charge in [-0.3, -0.25) is 0 Å². The van der Waals surface area contributed by atoms with Crippen molar-refractivity contribution in [2.75, 3.05) is 0 Å². The molecule has 3 atom stereocenters. The molecule has 1 aromatic rings. The standard InChI is InChI=1S/C29H44F6O2/c1-18(2)10-7-13-22(28(30,31)32)14-8-11-19(3)12-9-16-27(6)17-15-23-20(4)25(36)24(29(33,34)35)21(5)26(23)37-27/h18-19,22,36H,7-17H2,1-6H3. The largest absolute Gasteiger partial charge is 0.507 e. The Morgan fingerprint density at radius 1 is 0.865 bits per heavy atom. The Morgan fingerprint density at radius 2 is 1.43 bits per heavy atom. The predicted molar refractivity (Wildman–Crippen MR) is 135 cm³/mol. The van der Waals surface area contributed by atoms with Gasteiger partial charge >= 0.3 is 12.4 Å². The summed E-state index contributed by atoms with van der Waals surface area (Å²) in [6.45, 7) is 10.8. The summed E-state index contributed by atoms with van der Waals surface area (Å²) in [6.07, 6.45) is -2.38. The minimum Gasteiger partial charge on any atom is -0.507 e. The summed E-state index contributed by atoms with van der Waals surface area (Å²) in [5.41, 5.74) is -0.909. The van der Waals surface area contributed by atoms with Crippen LogP contribution in [0.15, 0.2) is 0 Å². The van der Waals surface area contributed by atoms with Crippen LogP contribution in [-0.4, -0.2) is 16.9 Å². The Kier molecular flexibility index (Phi) is 10.7. The van der Waals surface area contributed by atoms with Crippen LogP contribution in [0.3, 0.4) is 0 Å². The molecule has 0 fully saturated rings. The molecule has 0 aliphatic carbocycles. The van der Waals surface area contributed by atoms with Crippen molar-refractivity contribution in [2.45, 2.75) is 130 Å². The Labute approximate surface area is 218 Å². The zero-order chi connectivity index (χ0) is 28.2. The van der Waals surface area contributed by atoms with Gasteiger partial charge < -0.3 is 9.84 Å². The van der Waals surface area contributed by atoms with E-state index in [1.807, 2.05) is 27.7 Å². The summed E-state index contributed by atoms with van der Waals surface area (Å²) < 4.78 is 87.1. The van der Waals surface area contributed by atoms with Crippen LogP contribution in [0.2, 0.25) is 0 Å². The van der Waals surface area contributed by atoms with Crippen molar-refractivity contribution >= 4 is 0 Å². The van der Waals surface area contributed by atoms with Crippen molar-refractivity contribution in [3.63, 3.8) is 0 Å². The fraction of sp³-hybridized carbons (Fsp3) is 0.793. The van der Waals surface area contributed by atoms with Gasteiger partial charge in [0.05, 0.1) is 5.92 Å². The van der Waals surface area contributed by atoms with E-state index < -0.39 is 35.2 Å². The minimum absolute atomic E-state index is 0.0856. The number of phenols is 1. The monoisotopic (exact) mass is 538 g/mol. The van der Waals surface area contributed by atoms with Crippen LogP contribution >= 0.6 is 0 Å². The van der Waals surface area contributed by atoms with E-state index in [-0.39, 0.29) is 35.6 Å². The average molecular weight is 539 g/mol. The van der Waals surface area contributed by atoms with Crippen molar-refractivity contribution in [1.82, 2.24) is 0 Å². The van der Waals surface area contributed by atoms with E-state index in [9.17, 15) is 31.4 Å². The molecule has 1 N–H and O–H groups in total. The van der Waals surface area contributed by atoms with Gasteiger partial charge in [-0.15, -0.1) is 0 Å². The molecule has 2 nitrogen and oxygen atoms in total. The number of hydrogen-bond donors (Lipinski definition) is 1. The first-order valence-corrected chi connectivity index (χ1v) is 13.6. The van der Waals surface area contributed by atoms with E-state index in [0.717, 1.165) is 25.7 Å². The van der Waals surface area contributed by atoms with Gasteiger partial charge in [0.15, 0.2) is 0 Å². The second-order valence-corrected chi connectivity index (χ2v) is 11.8. The first kappa shape index (κ1) is 31.6. The van der Waals surface area contributed by atoms with Gasteiger partial charge in [-0.2, -0.15) is 26.3 Å². The molecule has 0 saturated heterocycles. The molecule has 214 valence electrons. The van der Waals surface area contributed by atoms with Gasteiger partial charge in [-0.05, 0) is 76.7 Å². The van der Waals surface area contributed by atoms with Gasteiger partial charge in [-0.1, -0.05) is 52.9 Å². The Morgan fingerprint density at radius 3 is 1.97 bits per heavy atom. The summed E-state index contributed by atoms with van der Waals surface area (Å²) >= 11 is 0. The van der Waals surface area contributed by atoms with Gasteiger partial charge in [0.1, 0.15) is 22.7 Å². The molecule has 1 aliphatic heterocycles. The van der Waals surface area contributed by atoms with Crippen molar-refractivity contribution in [3.05, 3.63) is 22.3 Å². The molecule has 1 aliphatic rings. The highest BCUT2D eigenvalue weighted by atomic mass is 19.4. The van der Waals surface area contributed by atoms with Gasteiger partial charge in [0.25, 0.3) is 0 Å². The lowest BCUT2D eigenvalue weighted by Gasteiger charge is -2.38. The van der Waals surface area contributed by atoms with Crippen LogP contribution in [0, 0.1) is 31.6 Å². The van der Waals surface area contributed by atoms with E-state index in [1.54, 1.807) is 0 Å². The maximum atomic E-state index is 13.6. The number of ether oxygens (including phenoxy) is 1. The molecular formula is C29H44F6O2. The summed E-state index contributed by atoms with van der Waals surface area (Å²) in [5.74, 6) is -1.07. The smallest absolute Gasteiger partial charge is 0.420 e. The topological polar surface area (TPSA) is 29.5 Å². The van der Waals surface area contributed by atoms with Gasteiger partial charge in [-0.25, -0.2) is 0 Å². The molecule has 1 aromatic carbocycles. The molecule has 0 spiro atoms. The first-order valence-electron chi connectivity index (χ1n) is 13.6. The molecule has 0 radical (unpaired) electrons. The SMILES string of the molecule is Cc1c(O)c(C(F)(F)F)c(C)c2c1CCC(C)(CCCC(C)CCCC(CCCC(C)C)C(F)(F)F)O2. The van der Waals surface area contributed by atoms with Crippen molar-refractivity contribution < 1.29 is 36.2 Å². The Bertz CT molecular complexity index is 890. The third kappa shape index (κ3) is 8.71. The molecule has 37 heavy (non-hydrogen) atoms. The summed E-state index contributed by atoms with van der Waals surface area (Å²) in [7, 11) is 0. The second kappa shape index (κ2) is 12.5. The highest BCUT2D eigenvalue weighted by molar-refractivity contribution is 5.59. The third-order valence-corrected chi connectivity index (χ3v) is 8.02. The zero-order valence-corrected chi connectivity index (χ0v) is 23.1. The molecule has 8 heteroatoms. The minimum atomic E-state index is -4.68. The molecule has 0 aromatic heterocycles. The number of aromatic hydroxyl groups is 1. The first-order chi connectivity index (χ1) is 17.0. The van der Waals surface area contributed by atoms with Crippen LogP contribution in [0.4, 0.5) is 26.3 Å². The molecule has 0 bridgehead atoms. The summed E-state index contributed by atoms with van der Waals surface area (Å²) in [6, 6.07) is 0. The normalized spacial score (nSPS) is 20.0. The molecule has 0 amide bonds. The number of phenolic OH excluding ortho intramolecular Hbond substituents is 1. The van der Waals surface area contributed by atoms with Crippen LogP contribution in [0.5, 0.6) is 11.5 Å². The quantitative estimate of drug-likeness (QED) is 0.268. The number of halogens is 6. The number of benzene rings is 1. The Balaban J connectivity index is 1.90. The summed E-state index contributed by atoms with van der Waals surface area (Å²) in [4.78, 5) is 0. The lowest BCUT2D eigenvalue weighted by atomic mass is 9.83. The van der Waals surface area contributed by atoms with E-state index in [1.165, 1.54) is 13.8 Å². The van der Waals surface area contributed by atoms with Crippen LogP contribution in [0.25, 0.3) is 0 Å². The van der Waals surface area contributed by atoms with E-state index in [0.29, 0.717) is 43.6 Å². The molecule has 3 unspecified atom stereocenters. The zero-order valence-electron chi connectivity index (χ0n) is 23.1. The van der Waals surface area contributed by atoms with Crippen LogP contribution in [0.1, 0.15) is 114 Å². The second-order valence-electron chi connectivity index (χ2n) is 11.8. The van der Waals surface area contributed by atoms with E-state index >= 15 is 0 Å². The predicted octanol–water partition coefficient (Wildman–Crippen LogP) is 10.1. The fourth-order valence-electron chi connectivity index (χ4n) is 5.59. The molecular weight excluding hydrogens is 494 g/mol. The van der Waals surface area contributed by atoms with Crippen LogP contribution < -0.4 is 4.74 Å². The maximum Gasteiger partial charge on any atom is 0.420 e. The summed E-state index contributed by atoms with van der Waals surface area (Å²) in [5, 5.41) is 10.2. The van der Waals surface area contributed by atoms with Gasteiger partial charge in [0, 0.05) is 11.1 Å². The van der Waals surface area contributed by atoms with Crippen LogP contribution in [-0.2, 0) is 12.6 Å². The molecule has 0 saturated carbocycles. The van der Waals surface area contributed by atoms with E-state index in [4.69, 9.17) is 4.74 Å². The number of hydrogen-bond acceptors (Lipinski definition) is 2. The highest BCUT2D eigenvalue weighted by Crippen LogP contribution is 2.49. The third-order valence-electron chi connectivity index (χ3n) is 8.02. The highest BCUT2D eigenvalue weighted by Gasteiger charge is 2.42. The number of alkyl halides is 6. The molecule has 1 heterocycles. The van der Waals surface area contributed by atoms with E-state index in [2.05, 4.69) is 0 Å². The van der Waals surface area contributed by atoms with Crippen molar-refractivity contribution in [1.29, 1.82) is 0 Å². The maximum absolute atomic E-state index is 13.6. The average Bonchev–Trinajstić information content (AvgIpc) is 2.74. The molecule has 2 rings (SSSR count). The van der Waals surface area contributed by atoms with Crippen molar-refractivity contribution in [2.24, 2.45) is 17.8 Å². The van der Waals surface area contributed by atoms with Crippen molar-refractivity contribution in [3.8, 4) is 11.5 Å². The lowest BCUT2D eigenvalue weighted by Crippen LogP contribution is -2.37. The lowest BCUT2D eigenvalue weighted by molar-refractivity contribution is -0.179. The number of fused-ring (bicyclic) bond motifs is 1. The van der Waals surface area contributed by atoms with Gasteiger partial charge in [0.2, 0.25) is 0 Å². The fourth-order valence-corrected chi connectivity index (χ4v) is 5.59. The Hall–Kier alpha value is -1.60.